The molecule has 0 unspecified atom stereocenters. The van der Waals surface area contributed by atoms with Crippen molar-refractivity contribution < 1.29 is 9.21 Å². The number of carbonyl (C=O) groups excluding carboxylic acids is 1. The summed E-state index contributed by atoms with van der Waals surface area (Å²) in [5, 5.41) is 10.7. The van der Waals surface area contributed by atoms with Crippen molar-refractivity contribution in [3.63, 3.8) is 0 Å². The Labute approximate surface area is 111 Å². The van der Waals surface area contributed by atoms with E-state index in [1.54, 1.807) is 14.1 Å². The zero-order chi connectivity index (χ0) is 13.7. The first-order valence-corrected chi connectivity index (χ1v) is 6.00. The molecule has 2 amide bonds. The second kappa shape index (κ2) is 5.99. The summed E-state index contributed by atoms with van der Waals surface area (Å²) in [5.74, 6) is 1.01. The van der Waals surface area contributed by atoms with Crippen molar-refractivity contribution >= 4 is 6.03 Å². The topological polar surface area (TPSA) is 71.3 Å². The molecule has 0 aliphatic carbocycles. The Kier molecular flexibility index (Phi) is 4.12. The lowest BCUT2D eigenvalue weighted by atomic mass is 10.2. The van der Waals surface area contributed by atoms with Crippen LogP contribution >= 0.6 is 0 Å². The number of urea groups is 1. The first-order chi connectivity index (χ1) is 9.16. The molecule has 0 aliphatic heterocycles. The lowest BCUT2D eigenvalue weighted by Gasteiger charge is -2.10. The molecule has 2 rings (SSSR count). The highest BCUT2D eigenvalue weighted by Gasteiger charge is 2.08. The van der Waals surface area contributed by atoms with Gasteiger partial charge in [0.15, 0.2) is 0 Å². The maximum absolute atomic E-state index is 11.3. The predicted octanol–water partition coefficient (Wildman–Crippen LogP) is 1.55. The Morgan fingerprint density at radius 1 is 1.26 bits per heavy atom. The van der Waals surface area contributed by atoms with Gasteiger partial charge in [-0.25, -0.2) is 4.79 Å². The maximum Gasteiger partial charge on any atom is 0.316 e. The van der Waals surface area contributed by atoms with Crippen LogP contribution in [0.5, 0.6) is 0 Å². The molecule has 0 fully saturated rings. The van der Waals surface area contributed by atoms with Crippen LogP contribution in [0.15, 0.2) is 34.7 Å². The molecule has 1 aromatic carbocycles. The summed E-state index contributed by atoms with van der Waals surface area (Å²) < 4.78 is 5.52. The molecule has 6 heteroatoms. The van der Waals surface area contributed by atoms with Gasteiger partial charge in [-0.05, 0) is 12.1 Å². The van der Waals surface area contributed by atoms with Gasteiger partial charge in [-0.15, -0.1) is 10.2 Å². The predicted molar refractivity (Wildman–Crippen MR) is 70.5 cm³/mol. The van der Waals surface area contributed by atoms with Crippen LogP contribution in [-0.4, -0.2) is 41.8 Å². The van der Waals surface area contributed by atoms with Crippen LogP contribution in [0.4, 0.5) is 4.79 Å². The molecule has 0 atom stereocenters. The molecular weight excluding hydrogens is 244 g/mol. The minimum Gasteiger partial charge on any atom is -0.421 e. The Hall–Kier alpha value is -2.37. The van der Waals surface area contributed by atoms with Crippen LogP contribution in [0, 0.1) is 0 Å². The standard InChI is InChI=1S/C13H16N4O2/c1-17(2)13(18)14-9-8-11-15-16-12(19-11)10-6-4-3-5-7-10/h3-7H,8-9H2,1-2H3,(H,14,18). The fourth-order valence-corrected chi connectivity index (χ4v) is 1.49. The van der Waals surface area contributed by atoms with E-state index in [4.69, 9.17) is 4.42 Å². The van der Waals surface area contributed by atoms with Crippen LogP contribution in [0.1, 0.15) is 5.89 Å². The van der Waals surface area contributed by atoms with Gasteiger partial charge in [-0.3, -0.25) is 0 Å². The van der Waals surface area contributed by atoms with Crippen LogP contribution < -0.4 is 5.32 Å². The molecule has 0 spiro atoms. The second-order valence-corrected chi connectivity index (χ2v) is 4.24. The quantitative estimate of drug-likeness (QED) is 0.905. The van der Waals surface area contributed by atoms with E-state index in [1.807, 2.05) is 30.3 Å². The monoisotopic (exact) mass is 260 g/mol. The van der Waals surface area contributed by atoms with E-state index in [0.717, 1.165) is 5.56 Å². The van der Waals surface area contributed by atoms with Gasteiger partial charge in [0, 0.05) is 32.6 Å². The van der Waals surface area contributed by atoms with Crippen LogP contribution in [0.2, 0.25) is 0 Å². The molecule has 0 saturated heterocycles. The molecule has 0 saturated carbocycles. The molecule has 2 aromatic rings. The number of nitrogens with zero attached hydrogens (tertiary/aromatic N) is 3. The highest BCUT2D eigenvalue weighted by molar-refractivity contribution is 5.73. The molecule has 0 bridgehead atoms. The number of benzene rings is 1. The lowest BCUT2D eigenvalue weighted by molar-refractivity contribution is 0.217. The summed E-state index contributed by atoms with van der Waals surface area (Å²) >= 11 is 0. The molecule has 1 N–H and O–H groups in total. The smallest absolute Gasteiger partial charge is 0.316 e. The summed E-state index contributed by atoms with van der Waals surface area (Å²) in [6, 6.07) is 9.43. The van der Waals surface area contributed by atoms with Gasteiger partial charge in [0.05, 0.1) is 0 Å². The van der Waals surface area contributed by atoms with Crippen molar-refractivity contribution in [2.75, 3.05) is 20.6 Å². The minimum absolute atomic E-state index is 0.136. The van der Waals surface area contributed by atoms with E-state index in [-0.39, 0.29) is 6.03 Å². The SMILES string of the molecule is CN(C)C(=O)NCCc1nnc(-c2ccccc2)o1. The average molecular weight is 260 g/mol. The summed E-state index contributed by atoms with van der Waals surface area (Å²) in [6.45, 7) is 0.466. The van der Waals surface area contributed by atoms with E-state index in [9.17, 15) is 4.79 Å². The van der Waals surface area contributed by atoms with Gasteiger partial charge in [0.25, 0.3) is 0 Å². The van der Waals surface area contributed by atoms with Gasteiger partial charge in [0.2, 0.25) is 11.8 Å². The number of carbonyl (C=O) groups is 1. The zero-order valence-electron chi connectivity index (χ0n) is 11.0. The molecular formula is C13H16N4O2. The lowest BCUT2D eigenvalue weighted by Crippen LogP contribution is -2.35. The van der Waals surface area contributed by atoms with Crippen molar-refractivity contribution in [1.82, 2.24) is 20.4 Å². The summed E-state index contributed by atoms with van der Waals surface area (Å²) in [5.41, 5.74) is 0.888. The normalized spacial score (nSPS) is 10.2. The number of hydrogen-bond donors (Lipinski definition) is 1. The summed E-state index contributed by atoms with van der Waals surface area (Å²) in [7, 11) is 3.38. The third-order valence-corrected chi connectivity index (χ3v) is 2.51. The number of amides is 2. The van der Waals surface area contributed by atoms with Gasteiger partial charge in [0.1, 0.15) is 0 Å². The molecule has 6 nitrogen and oxygen atoms in total. The third kappa shape index (κ3) is 3.54. The second-order valence-electron chi connectivity index (χ2n) is 4.24. The van der Waals surface area contributed by atoms with Crippen molar-refractivity contribution in [3.8, 4) is 11.5 Å². The number of rotatable bonds is 4. The number of hydrogen-bond acceptors (Lipinski definition) is 4. The molecule has 1 heterocycles. The van der Waals surface area contributed by atoms with E-state index in [0.29, 0.717) is 24.7 Å². The summed E-state index contributed by atoms with van der Waals surface area (Å²) in [4.78, 5) is 12.8. The average Bonchev–Trinajstić information content (AvgIpc) is 2.88. The van der Waals surface area contributed by atoms with Crippen LogP contribution in [0.25, 0.3) is 11.5 Å². The maximum atomic E-state index is 11.3. The van der Waals surface area contributed by atoms with Crippen molar-refractivity contribution in [2.45, 2.75) is 6.42 Å². The van der Waals surface area contributed by atoms with Gasteiger partial charge >= 0.3 is 6.03 Å². The summed E-state index contributed by atoms with van der Waals surface area (Å²) in [6.07, 6.45) is 0.513. The fourth-order valence-electron chi connectivity index (χ4n) is 1.49. The number of aromatic nitrogens is 2. The van der Waals surface area contributed by atoms with Crippen LogP contribution in [-0.2, 0) is 6.42 Å². The Balaban J connectivity index is 1.90. The van der Waals surface area contributed by atoms with E-state index in [2.05, 4.69) is 15.5 Å². The van der Waals surface area contributed by atoms with Crippen molar-refractivity contribution in [2.24, 2.45) is 0 Å². The highest BCUT2D eigenvalue weighted by Crippen LogP contribution is 2.16. The third-order valence-electron chi connectivity index (χ3n) is 2.51. The molecule has 0 aliphatic rings. The Morgan fingerprint density at radius 2 is 2.00 bits per heavy atom. The number of nitrogens with one attached hydrogen (secondary N) is 1. The van der Waals surface area contributed by atoms with Crippen LogP contribution in [0.3, 0.4) is 0 Å². The van der Waals surface area contributed by atoms with Gasteiger partial charge in [-0.2, -0.15) is 0 Å². The zero-order valence-corrected chi connectivity index (χ0v) is 11.0. The fraction of sp³-hybridized carbons (Fsp3) is 0.308. The largest absolute Gasteiger partial charge is 0.421 e. The Bertz CT molecular complexity index is 537. The van der Waals surface area contributed by atoms with E-state index in [1.165, 1.54) is 4.90 Å². The first kappa shape index (κ1) is 13.1. The molecule has 0 radical (unpaired) electrons. The minimum atomic E-state index is -0.136. The molecule has 1 aromatic heterocycles. The van der Waals surface area contributed by atoms with E-state index >= 15 is 0 Å². The van der Waals surface area contributed by atoms with Crippen molar-refractivity contribution in [1.29, 1.82) is 0 Å². The van der Waals surface area contributed by atoms with Crippen molar-refractivity contribution in [3.05, 3.63) is 36.2 Å². The van der Waals surface area contributed by atoms with Gasteiger partial charge < -0.3 is 14.6 Å². The Morgan fingerprint density at radius 3 is 2.68 bits per heavy atom. The first-order valence-electron chi connectivity index (χ1n) is 6.00. The van der Waals surface area contributed by atoms with Gasteiger partial charge in [-0.1, -0.05) is 18.2 Å². The van der Waals surface area contributed by atoms with E-state index < -0.39 is 0 Å². The molecule has 19 heavy (non-hydrogen) atoms. The highest BCUT2D eigenvalue weighted by atomic mass is 16.4. The molecule has 100 valence electrons.